The maximum Gasteiger partial charge on any atom is 0.417 e. The summed E-state index contributed by atoms with van der Waals surface area (Å²) in [6, 6.07) is 22.5. The highest BCUT2D eigenvalue weighted by Crippen LogP contribution is 2.43. The molecule has 1 N–H and O–H groups in total. The first-order valence-electron chi connectivity index (χ1n) is 13.2. The zero-order chi connectivity index (χ0) is 28.7. The fourth-order valence-electron chi connectivity index (χ4n) is 5.50. The van der Waals surface area contributed by atoms with E-state index in [1.54, 1.807) is 37.1 Å². The van der Waals surface area contributed by atoms with Crippen LogP contribution in [-0.4, -0.2) is 35.5 Å². The van der Waals surface area contributed by atoms with Crippen molar-refractivity contribution < 1.29 is 31.9 Å². The van der Waals surface area contributed by atoms with Gasteiger partial charge in [-0.2, -0.15) is 13.2 Å². The molecule has 0 bridgehead atoms. The van der Waals surface area contributed by atoms with E-state index >= 15 is 0 Å². The van der Waals surface area contributed by atoms with Crippen LogP contribution < -0.4 is 9.47 Å². The molecule has 1 amide bonds. The molecule has 5 aromatic rings. The molecule has 0 radical (unpaired) electrons. The number of furan rings is 1. The monoisotopic (exact) mass is 560 g/mol. The van der Waals surface area contributed by atoms with Gasteiger partial charge in [-0.1, -0.05) is 36.4 Å². The van der Waals surface area contributed by atoms with Crippen molar-refractivity contribution >= 4 is 16.8 Å². The number of H-pyrrole nitrogens is 1. The van der Waals surface area contributed by atoms with Crippen LogP contribution in [0.4, 0.5) is 13.2 Å². The van der Waals surface area contributed by atoms with Gasteiger partial charge in [0.05, 0.1) is 18.4 Å². The number of fused-ring (bicyclic) bond motifs is 3. The predicted molar refractivity (Wildman–Crippen MR) is 148 cm³/mol. The summed E-state index contributed by atoms with van der Waals surface area (Å²) < 4.78 is 58.9. The second kappa shape index (κ2) is 10.4. The molecule has 2 aromatic heterocycles. The van der Waals surface area contributed by atoms with Gasteiger partial charge in [0.25, 0.3) is 5.91 Å². The SMILES string of the molecule is COc1ccc2[nH]c3c(c2c1)CCN(C(=O)[C@H](C)Oc1ccccc1)[C@H]3c1ccc(-c2ccccc2C(F)(F)F)o1. The standard InChI is InChI=1S/C32H27F3N2O4/c1-19(40-20-8-4-3-5-9-20)31(38)37-17-16-22-24-18-21(39-2)12-13-26(24)36-29(22)30(37)28-15-14-27(41-28)23-10-6-7-11-25(23)32(33,34)35/h3-15,18-19,30,36H,16-17H2,1-2H3/t19-,30-/m0/s1. The fourth-order valence-corrected chi connectivity index (χ4v) is 5.50. The average Bonchev–Trinajstić information content (AvgIpc) is 3.61. The highest BCUT2D eigenvalue weighted by molar-refractivity contribution is 5.88. The zero-order valence-corrected chi connectivity index (χ0v) is 22.4. The number of aromatic nitrogens is 1. The van der Waals surface area contributed by atoms with Crippen LogP contribution in [0.1, 0.15) is 35.5 Å². The molecule has 0 aliphatic carbocycles. The molecule has 0 saturated heterocycles. The van der Waals surface area contributed by atoms with Crippen molar-refractivity contribution in [1.82, 2.24) is 9.88 Å². The van der Waals surface area contributed by atoms with Crippen LogP contribution in [-0.2, 0) is 17.4 Å². The number of rotatable bonds is 6. The molecule has 9 heteroatoms. The second-order valence-corrected chi connectivity index (χ2v) is 9.93. The maximum atomic E-state index is 13.9. The van der Waals surface area contributed by atoms with Gasteiger partial charge in [0.15, 0.2) is 6.10 Å². The highest BCUT2D eigenvalue weighted by Gasteiger charge is 2.39. The molecule has 6 nitrogen and oxygen atoms in total. The van der Waals surface area contributed by atoms with Crippen molar-refractivity contribution in [3.63, 3.8) is 0 Å². The number of hydrogen-bond acceptors (Lipinski definition) is 4. The number of halogens is 3. The first-order chi connectivity index (χ1) is 19.7. The number of amides is 1. The minimum absolute atomic E-state index is 0.0673. The minimum atomic E-state index is -4.55. The van der Waals surface area contributed by atoms with Gasteiger partial charge < -0.3 is 23.8 Å². The Kier molecular flexibility index (Phi) is 6.73. The number of carbonyl (C=O) groups excluding carboxylic acids is 1. The van der Waals surface area contributed by atoms with E-state index in [1.807, 2.05) is 36.4 Å². The number of carbonyl (C=O) groups is 1. The first kappa shape index (κ1) is 26.6. The summed E-state index contributed by atoms with van der Waals surface area (Å²) in [5.41, 5.74) is 1.74. The van der Waals surface area contributed by atoms with E-state index in [1.165, 1.54) is 24.3 Å². The van der Waals surface area contributed by atoms with Gasteiger partial charge in [0.1, 0.15) is 29.1 Å². The molecule has 0 saturated carbocycles. The summed E-state index contributed by atoms with van der Waals surface area (Å²) in [4.78, 5) is 19.0. The fraction of sp³-hybridized carbons (Fsp3) is 0.219. The Hall–Kier alpha value is -4.66. The van der Waals surface area contributed by atoms with Crippen molar-refractivity contribution in [2.45, 2.75) is 31.7 Å². The molecule has 2 atom stereocenters. The average molecular weight is 561 g/mol. The number of para-hydroxylation sites is 1. The molecule has 41 heavy (non-hydrogen) atoms. The van der Waals surface area contributed by atoms with Crippen LogP contribution in [0.25, 0.3) is 22.2 Å². The molecular formula is C32H27F3N2O4. The molecule has 6 rings (SSSR count). The zero-order valence-electron chi connectivity index (χ0n) is 22.4. The molecule has 1 aliphatic heterocycles. The largest absolute Gasteiger partial charge is 0.497 e. The third-order valence-corrected chi connectivity index (χ3v) is 7.42. The molecular weight excluding hydrogens is 533 g/mol. The van der Waals surface area contributed by atoms with Crippen LogP contribution in [0, 0.1) is 0 Å². The molecule has 1 aliphatic rings. The van der Waals surface area contributed by atoms with Gasteiger partial charge in [-0.05, 0) is 67.4 Å². The van der Waals surface area contributed by atoms with Crippen molar-refractivity contribution in [2.24, 2.45) is 0 Å². The van der Waals surface area contributed by atoms with E-state index in [4.69, 9.17) is 13.9 Å². The van der Waals surface area contributed by atoms with Crippen LogP contribution in [0.3, 0.4) is 0 Å². The summed E-state index contributed by atoms with van der Waals surface area (Å²) in [5.74, 6) is 1.40. The van der Waals surface area contributed by atoms with Gasteiger partial charge in [0, 0.05) is 23.0 Å². The normalized spacial score (nSPS) is 15.9. The Labute approximate surface area is 234 Å². The van der Waals surface area contributed by atoms with E-state index < -0.39 is 23.9 Å². The third kappa shape index (κ3) is 4.92. The van der Waals surface area contributed by atoms with Gasteiger partial charge in [0.2, 0.25) is 0 Å². The number of benzene rings is 3. The molecule has 0 spiro atoms. The quantitative estimate of drug-likeness (QED) is 0.235. The van der Waals surface area contributed by atoms with Gasteiger partial charge in [-0.15, -0.1) is 0 Å². The van der Waals surface area contributed by atoms with Crippen molar-refractivity contribution in [3.8, 4) is 22.8 Å². The van der Waals surface area contributed by atoms with E-state index in [0.717, 1.165) is 28.2 Å². The van der Waals surface area contributed by atoms with Crippen molar-refractivity contribution in [2.75, 3.05) is 13.7 Å². The lowest BCUT2D eigenvalue weighted by atomic mass is 9.95. The Bertz CT molecular complexity index is 1710. The van der Waals surface area contributed by atoms with Crippen LogP contribution >= 0.6 is 0 Å². The van der Waals surface area contributed by atoms with Crippen LogP contribution in [0.2, 0.25) is 0 Å². The van der Waals surface area contributed by atoms with Gasteiger partial charge >= 0.3 is 6.18 Å². The highest BCUT2D eigenvalue weighted by atomic mass is 19.4. The van der Waals surface area contributed by atoms with Gasteiger partial charge in [-0.25, -0.2) is 0 Å². The maximum absolute atomic E-state index is 13.9. The second-order valence-electron chi connectivity index (χ2n) is 9.93. The summed E-state index contributed by atoms with van der Waals surface area (Å²) >= 11 is 0. The molecule has 210 valence electrons. The number of methoxy groups -OCH3 is 1. The number of nitrogens with zero attached hydrogens (tertiary/aromatic N) is 1. The molecule has 0 unspecified atom stereocenters. The summed E-state index contributed by atoms with van der Waals surface area (Å²) in [6.45, 7) is 2.05. The number of ether oxygens (including phenoxy) is 2. The Morgan fingerprint density at radius 2 is 1.76 bits per heavy atom. The van der Waals surface area contributed by atoms with Crippen LogP contribution in [0.5, 0.6) is 11.5 Å². The topological polar surface area (TPSA) is 67.7 Å². The number of hydrogen-bond donors (Lipinski definition) is 1. The van der Waals surface area contributed by atoms with Crippen molar-refractivity contribution in [3.05, 3.63) is 108 Å². The van der Waals surface area contributed by atoms with Crippen molar-refractivity contribution in [1.29, 1.82) is 0 Å². The molecule has 0 fully saturated rings. The first-order valence-corrected chi connectivity index (χ1v) is 13.2. The Balaban J connectivity index is 1.44. The van der Waals surface area contributed by atoms with E-state index in [0.29, 0.717) is 30.2 Å². The van der Waals surface area contributed by atoms with E-state index in [-0.39, 0.29) is 17.2 Å². The summed E-state index contributed by atoms with van der Waals surface area (Å²) in [6.07, 6.45) is -4.80. The third-order valence-electron chi connectivity index (χ3n) is 7.42. The van der Waals surface area contributed by atoms with Gasteiger partial charge in [-0.3, -0.25) is 4.79 Å². The Morgan fingerprint density at radius 3 is 2.51 bits per heavy atom. The van der Waals surface area contributed by atoms with E-state index in [2.05, 4.69) is 4.98 Å². The number of nitrogens with one attached hydrogen (secondary N) is 1. The minimum Gasteiger partial charge on any atom is -0.497 e. The number of alkyl halides is 3. The van der Waals surface area contributed by atoms with Crippen LogP contribution in [0.15, 0.2) is 89.3 Å². The smallest absolute Gasteiger partial charge is 0.417 e. The summed E-state index contributed by atoms with van der Waals surface area (Å²) in [7, 11) is 1.60. The van der Waals surface area contributed by atoms with E-state index in [9.17, 15) is 18.0 Å². The Morgan fingerprint density at radius 1 is 1.00 bits per heavy atom. The number of aromatic amines is 1. The lowest BCUT2D eigenvalue weighted by molar-refractivity contribution is -0.140. The summed E-state index contributed by atoms with van der Waals surface area (Å²) in [5, 5.41) is 0.958. The predicted octanol–water partition coefficient (Wildman–Crippen LogP) is 7.40. The molecule has 3 aromatic carbocycles. The molecule has 3 heterocycles. The lowest BCUT2D eigenvalue weighted by Crippen LogP contribution is -2.46. The lowest BCUT2D eigenvalue weighted by Gasteiger charge is -2.36.